The van der Waals surface area contributed by atoms with Crippen LogP contribution in [0.1, 0.15) is 29.7 Å². The third-order valence-electron chi connectivity index (χ3n) is 9.42. The zero-order valence-electron chi connectivity index (χ0n) is 24.4. The number of anilines is 1. The monoisotopic (exact) mass is 592 g/mol. The maximum absolute atomic E-state index is 13.9. The Bertz CT molecular complexity index is 1610. The normalized spacial score (nSPS) is 26.3. The highest BCUT2D eigenvalue weighted by Gasteiger charge is 2.60. The van der Waals surface area contributed by atoms with Gasteiger partial charge in [0.15, 0.2) is 11.4 Å². The van der Waals surface area contributed by atoms with Crippen molar-refractivity contribution in [3.8, 4) is 17.1 Å². The summed E-state index contributed by atoms with van der Waals surface area (Å²) in [6, 6.07) is 5.39. The van der Waals surface area contributed by atoms with Gasteiger partial charge in [0, 0.05) is 63.9 Å². The number of amides is 1. The van der Waals surface area contributed by atoms with Gasteiger partial charge in [-0.2, -0.15) is 0 Å². The van der Waals surface area contributed by atoms with Gasteiger partial charge in [-0.15, -0.1) is 0 Å². The number of fused-ring (bicyclic) bond motifs is 3. The number of nitrogens with zero attached hydrogens (tertiary/aromatic N) is 3. The van der Waals surface area contributed by atoms with E-state index >= 15 is 0 Å². The van der Waals surface area contributed by atoms with Crippen molar-refractivity contribution in [2.75, 3.05) is 52.2 Å². The van der Waals surface area contributed by atoms with E-state index in [1.54, 1.807) is 12.1 Å². The predicted octanol–water partition coefficient (Wildman–Crippen LogP) is 1.50. The Labute approximate surface area is 248 Å². The van der Waals surface area contributed by atoms with Crippen LogP contribution in [0.5, 0.6) is 5.75 Å². The van der Waals surface area contributed by atoms with E-state index in [1.807, 2.05) is 25.1 Å². The first-order chi connectivity index (χ1) is 20.3. The minimum Gasteiger partial charge on any atom is -0.508 e. The lowest BCUT2D eigenvalue weighted by Crippen LogP contribution is -2.58. The number of benzene rings is 1. The number of phenols is 1. The Balaban J connectivity index is 1.44. The molecule has 6 rings (SSSR count). The van der Waals surface area contributed by atoms with Crippen molar-refractivity contribution < 1.29 is 39.2 Å². The summed E-state index contributed by atoms with van der Waals surface area (Å²) in [5.41, 5.74) is 3.33. The van der Waals surface area contributed by atoms with Gasteiger partial charge >= 0.3 is 0 Å². The molecule has 2 fully saturated rings. The summed E-state index contributed by atoms with van der Waals surface area (Å²) in [6.07, 6.45) is -0.0592. The van der Waals surface area contributed by atoms with E-state index in [-0.39, 0.29) is 36.1 Å². The molecule has 12 nitrogen and oxygen atoms in total. The van der Waals surface area contributed by atoms with Crippen LogP contribution in [0.2, 0.25) is 0 Å². The Hall–Kier alpha value is -4.13. The summed E-state index contributed by atoms with van der Waals surface area (Å²) in [4.78, 5) is 44.8. The first-order valence-corrected chi connectivity index (χ1v) is 14.4. The SMILES string of the molecule is CN1CCN(Cc2ccc(-c3cc(N(C)C)c4c(c3O)C(O)=C3C(=O)[C@]5(O)C(O)=C(C(N)=O)C(=O)C[C@@H]5C[C@@H]3C4)o2)CC1. The molecule has 1 aromatic heterocycles. The van der Waals surface area contributed by atoms with Gasteiger partial charge in [-0.3, -0.25) is 19.3 Å². The van der Waals surface area contributed by atoms with E-state index in [1.165, 1.54) is 0 Å². The first-order valence-electron chi connectivity index (χ1n) is 14.4. The molecule has 1 amide bonds. The number of ketones is 2. The van der Waals surface area contributed by atoms with Crippen LogP contribution in [0.15, 0.2) is 39.5 Å². The summed E-state index contributed by atoms with van der Waals surface area (Å²) < 4.78 is 6.16. The number of aliphatic hydroxyl groups is 3. The largest absolute Gasteiger partial charge is 0.508 e. The lowest BCUT2D eigenvalue weighted by molar-refractivity contribution is -0.147. The van der Waals surface area contributed by atoms with Crippen molar-refractivity contribution in [2.24, 2.45) is 17.6 Å². The number of aromatic hydroxyl groups is 1. The van der Waals surface area contributed by atoms with Crippen molar-refractivity contribution >= 4 is 28.9 Å². The van der Waals surface area contributed by atoms with E-state index in [2.05, 4.69) is 16.8 Å². The van der Waals surface area contributed by atoms with Gasteiger partial charge in [-0.05, 0) is 49.6 Å². The third kappa shape index (κ3) is 4.43. The number of nitrogens with two attached hydrogens (primary N) is 1. The molecule has 1 aliphatic heterocycles. The number of likely N-dealkylation sites (N-methyl/N-ethyl adjacent to an activating group) is 1. The van der Waals surface area contributed by atoms with Gasteiger partial charge in [0.25, 0.3) is 5.91 Å². The highest BCUT2D eigenvalue weighted by Crippen LogP contribution is 2.54. The molecule has 1 aromatic carbocycles. The topological polar surface area (TPSA) is 181 Å². The Morgan fingerprint density at radius 3 is 2.47 bits per heavy atom. The second-order valence-corrected chi connectivity index (χ2v) is 12.3. The molecule has 0 bridgehead atoms. The van der Waals surface area contributed by atoms with Crippen LogP contribution < -0.4 is 10.6 Å². The number of hydrogen-bond donors (Lipinski definition) is 5. The number of aliphatic hydroxyl groups excluding tert-OH is 2. The smallest absolute Gasteiger partial charge is 0.255 e. The number of carbonyl (C=O) groups is 3. The molecular formula is C31H36N4O8. The van der Waals surface area contributed by atoms with Crippen molar-refractivity contribution in [1.82, 2.24) is 9.80 Å². The minimum atomic E-state index is -2.60. The fourth-order valence-electron chi connectivity index (χ4n) is 7.09. The van der Waals surface area contributed by atoms with E-state index in [0.717, 1.165) is 31.9 Å². The molecule has 3 aliphatic carbocycles. The van der Waals surface area contributed by atoms with E-state index in [9.17, 15) is 34.8 Å². The van der Waals surface area contributed by atoms with Crippen LogP contribution in [0.25, 0.3) is 17.1 Å². The van der Waals surface area contributed by atoms with Gasteiger partial charge < -0.3 is 40.4 Å². The summed E-state index contributed by atoms with van der Waals surface area (Å²) in [5, 5.41) is 45.5. The maximum atomic E-state index is 13.9. The molecule has 43 heavy (non-hydrogen) atoms. The van der Waals surface area contributed by atoms with E-state index in [4.69, 9.17) is 10.2 Å². The number of carbonyl (C=O) groups excluding carboxylic acids is 3. The summed E-state index contributed by atoms with van der Waals surface area (Å²) in [6.45, 7) is 4.35. The molecule has 6 N–H and O–H groups in total. The Kier molecular flexibility index (Phi) is 6.90. The molecule has 1 saturated heterocycles. The quantitative estimate of drug-likeness (QED) is 0.318. The van der Waals surface area contributed by atoms with Crippen LogP contribution in [-0.2, 0) is 27.3 Å². The fraction of sp³-hybridized carbons (Fsp3) is 0.452. The first kappa shape index (κ1) is 29.0. The lowest BCUT2D eigenvalue weighted by Gasteiger charge is -2.46. The second-order valence-electron chi connectivity index (χ2n) is 12.3. The molecule has 228 valence electrons. The lowest BCUT2D eigenvalue weighted by atomic mass is 9.59. The van der Waals surface area contributed by atoms with Gasteiger partial charge in [-0.25, -0.2) is 0 Å². The van der Waals surface area contributed by atoms with E-state index in [0.29, 0.717) is 29.1 Å². The zero-order chi connectivity index (χ0) is 31.0. The van der Waals surface area contributed by atoms with Crippen LogP contribution in [-0.4, -0.2) is 101 Å². The predicted molar refractivity (Wildman–Crippen MR) is 156 cm³/mol. The number of phenolic OH excluding ortho intramolecular Hbond substituents is 1. The molecule has 3 atom stereocenters. The van der Waals surface area contributed by atoms with E-state index < -0.39 is 52.0 Å². The second kappa shape index (κ2) is 10.2. The van der Waals surface area contributed by atoms with Crippen LogP contribution in [0, 0.1) is 11.8 Å². The average Bonchev–Trinajstić information content (AvgIpc) is 3.39. The summed E-state index contributed by atoms with van der Waals surface area (Å²) >= 11 is 0. The van der Waals surface area contributed by atoms with Gasteiger partial charge in [-0.1, -0.05) is 0 Å². The number of rotatable bonds is 5. The van der Waals surface area contributed by atoms with Gasteiger partial charge in [0.1, 0.15) is 34.4 Å². The summed E-state index contributed by atoms with van der Waals surface area (Å²) in [5.74, 6) is -5.44. The van der Waals surface area contributed by atoms with Crippen LogP contribution in [0.4, 0.5) is 5.69 Å². The number of furan rings is 1. The van der Waals surface area contributed by atoms with Crippen molar-refractivity contribution in [1.29, 1.82) is 0 Å². The van der Waals surface area contributed by atoms with Crippen molar-refractivity contribution in [3.63, 3.8) is 0 Å². The molecule has 0 radical (unpaired) electrons. The summed E-state index contributed by atoms with van der Waals surface area (Å²) in [7, 11) is 5.74. The molecule has 0 unspecified atom stereocenters. The molecule has 12 heteroatoms. The number of hydrogen-bond acceptors (Lipinski definition) is 11. The molecule has 1 saturated carbocycles. The highest BCUT2D eigenvalue weighted by atomic mass is 16.4. The third-order valence-corrected chi connectivity index (χ3v) is 9.42. The fourth-order valence-corrected chi connectivity index (χ4v) is 7.09. The number of primary amides is 1. The Morgan fingerprint density at radius 2 is 1.81 bits per heavy atom. The maximum Gasteiger partial charge on any atom is 0.255 e. The highest BCUT2D eigenvalue weighted by molar-refractivity contribution is 6.22. The zero-order valence-corrected chi connectivity index (χ0v) is 24.4. The average molecular weight is 593 g/mol. The van der Waals surface area contributed by atoms with Crippen molar-refractivity contribution in [3.05, 3.63) is 52.0 Å². The Morgan fingerprint density at radius 1 is 1.12 bits per heavy atom. The van der Waals surface area contributed by atoms with Gasteiger partial charge in [0.2, 0.25) is 5.78 Å². The molecule has 2 aromatic rings. The number of piperazine rings is 1. The standard InChI is InChI=1S/C31H36N4O8/c1-33(2)20-13-19(22-5-4-17(43-22)14-35-8-6-34(3)7-9-35)26(37)24-18(20)11-15-10-16-12-21(36)25(30(32)41)29(40)31(16,42)28(39)23(15)27(24)38/h4-5,13,15-16,37-38,40,42H,6-12,14H2,1-3H3,(H2,32,41)/t15-,16+,31+/m1/s1. The van der Waals surface area contributed by atoms with Crippen LogP contribution >= 0.6 is 0 Å². The molecular weight excluding hydrogens is 556 g/mol. The van der Waals surface area contributed by atoms with Crippen LogP contribution in [0.3, 0.4) is 0 Å². The van der Waals surface area contributed by atoms with Gasteiger partial charge in [0.05, 0.1) is 17.7 Å². The molecule has 0 spiro atoms. The number of Topliss-reactive ketones (excluding diaryl/α,β-unsaturated/α-hetero) is 2. The molecule has 4 aliphatic rings. The molecule has 2 heterocycles. The minimum absolute atomic E-state index is 0.0327. The van der Waals surface area contributed by atoms with Crippen molar-refractivity contribution in [2.45, 2.75) is 31.4 Å².